The topological polar surface area (TPSA) is 99.1 Å². The van der Waals surface area contributed by atoms with Gasteiger partial charge in [-0.05, 0) is 86.0 Å². The lowest BCUT2D eigenvalue weighted by atomic mass is 9.42. The van der Waals surface area contributed by atoms with Gasteiger partial charge in [0.2, 0.25) is 0 Å². The van der Waals surface area contributed by atoms with Crippen molar-refractivity contribution in [3.8, 4) is 0 Å². The number of ether oxygens (including phenoxy) is 3. The summed E-state index contributed by atoms with van der Waals surface area (Å²) in [4.78, 5) is 35.7. The molecule has 0 aromatic carbocycles. The number of aliphatic hydroxyl groups is 1. The molecule has 7 heteroatoms. The van der Waals surface area contributed by atoms with Crippen LogP contribution < -0.4 is 0 Å². The molecule has 0 amide bonds. The normalized spacial score (nSPS) is 47.6. The molecule has 188 valence electrons. The lowest BCUT2D eigenvalue weighted by Gasteiger charge is -2.65. The number of cyclic esters (lactones) is 1. The van der Waals surface area contributed by atoms with Crippen LogP contribution >= 0.6 is 0 Å². The highest BCUT2D eigenvalue weighted by Gasteiger charge is 2.72. The van der Waals surface area contributed by atoms with Crippen LogP contribution in [0, 0.1) is 34.5 Å². The van der Waals surface area contributed by atoms with Gasteiger partial charge in [-0.2, -0.15) is 0 Å². The van der Waals surface area contributed by atoms with E-state index in [9.17, 15) is 19.5 Å². The number of hydrogen-bond acceptors (Lipinski definition) is 7. The summed E-state index contributed by atoms with van der Waals surface area (Å²) in [5.41, 5.74) is -0.731. The molecule has 4 aliphatic carbocycles. The summed E-state index contributed by atoms with van der Waals surface area (Å²) in [5, 5.41) is 12.5. The first-order valence-electron chi connectivity index (χ1n) is 12.9. The van der Waals surface area contributed by atoms with Gasteiger partial charge in [-0.25, -0.2) is 4.79 Å². The maximum absolute atomic E-state index is 12.5. The summed E-state index contributed by atoms with van der Waals surface area (Å²) < 4.78 is 16.8. The first kappa shape index (κ1) is 23.8. The Morgan fingerprint density at radius 1 is 1.00 bits per heavy atom. The van der Waals surface area contributed by atoms with Gasteiger partial charge in [0, 0.05) is 25.3 Å². The quantitative estimate of drug-likeness (QED) is 0.492. The van der Waals surface area contributed by atoms with Crippen LogP contribution in [-0.4, -0.2) is 47.4 Å². The van der Waals surface area contributed by atoms with Crippen LogP contribution in [0.25, 0.3) is 0 Å². The van der Waals surface area contributed by atoms with Crippen molar-refractivity contribution in [1.29, 1.82) is 0 Å². The molecule has 0 unspecified atom stereocenters. The van der Waals surface area contributed by atoms with Crippen LogP contribution in [0.4, 0.5) is 0 Å². The number of fused-ring (bicyclic) bond motifs is 5. The molecule has 7 nitrogen and oxygen atoms in total. The molecule has 1 N–H and O–H groups in total. The minimum absolute atomic E-state index is 0.00118. The molecule has 9 atom stereocenters. The van der Waals surface area contributed by atoms with Crippen LogP contribution in [0.5, 0.6) is 0 Å². The van der Waals surface area contributed by atoms with E-state index in [1.807, 2.05) is 0 Å². The highest BCUT2D eigenvalue weighted by atomic mass is 16.6. The van der Waals surface area contributed by atoms with Crippen molar-refractivity contribution in [2.24, 2.45) is 34.5 Å². The highest BCUT2D eigenvalue weighted by Crippen LogP contribution is 2.70. The van der Waals surface area contributed by atoms with Crippen molar-refractivity contribution >= 4 is 17.9 Å². The maximum Gasteiger partial charge on any atom is 0.331 e. The van der Waals surface area contributed by atoms with Crippen LogP contribution in [-0.2, 0) is 28.6 Å². The summed E-state index contributed by atoms with van der Waals surface area (Å²) in [6.45, 7) is 7.59. The number of esters is 3. The Morgan fingerprint density at radius 2 is 1.74 bits per heavy atom. The summed E-state index contributed by atoms with van der Waals surface area (Å²) >= 11 is 0. The summed E-state index contributed by atoms with van der Waals surface area (Å²) in [7, 11) is 0. The van der Waals surface area contributed by atoms with Gasteiger partial charge in [-0.1, -0.05) is 13.8 Å². The standard InChI is InChI=1S/C27H38O7/c1-15(28)33-19-7-9-25(3)18(12-19)5-6-21-22(25)13-23(34-16(2)29)26(4)20(8-10-27(21,26)31)17-11-24(30)32-14-17/h11,18-23,31H,5-10,12-14H2,1-4H3/t18-,19-,20+,21+,22+,23+,25-,26-,27-/m0/s1. The molecule has 0 bridgehead atoms. The first-order valence-corrected chi connectivity index (χ1v) is 12.9. The van der Waals surface area contributed by atoms with E-state index in [4.69, 9.17) is 14.2 Å². The van der Waals surface area contributed by atoms with Gasteiger partial charge in [0.05, 0.1) is 5.60 Å². The number of carbonyl (C=O) groups excluding carboxylic acids is 3. The van der Waals surface area contributed by atoms with Gasteiger partial charge in [-0.15, -0.1) is 0 Å². The largest absolute Gasteiger partial charge is 0.463 e. The van der Waals surface area contributed by atoms with Crippen molar-refractivity contribution in [3.05, 3.63) is 11.6 Å². The van der Waals surface area contributed by atoms with E-state index in [0.29, 0.717) is 18.8 Å². The van der Waals surface area contributed by atoms with E-state index in [1.165, 1.54) is 13.8 Å². The molecule has 1 heterocycles. The average molecular weight is 475 g/mol. The van der Waals surface area contributed by atoms with Gasteiger partial charge < -0.3 is 19.3 Å². The molecule has 0 aromatic rings. The monoisotopic (exact) mass is 474 g/mol. The van der Waals surface area contributed by atoms with E-state index >= 15 is 0 Å². The average Bonchev–Trinajstić information content (AvgIpc) is 3.29. The van der Waals surface area contributed by atoms with Crippen LogP contribution in [0.3, 0.4) is 0 Å². The maximum atomic E-state index is 12.5. The third kappa shape index (κ3) is 3.36. The predicted molar refractivity (Wildman–Crippen MR) is 122 cm³/mol. The van der Waals surface area contributed by atoms with Gasteiger partial charge >= 0.3 is 17.9 Å². The minimum Gasteiger partial charge on any atom is -0.463 e. The van der Waals surface area contributed by atoms with Crippen LogP contribution in [0.15, 0.2) is 11.6 Å². The van der Waals surface area contributed by atoms with Crippen molar-refractivity contribution in [2.75, 3.05) is 6.61 Å². The molecule has 0 aromatic heterocycles. The van der Waals surface area contributed by atoms with Crippen LogP contribution in [0.2, 0.25) is 0 Å². The Bertz CT molecular complexity index is 926. The van der Waals surface area contributed by atoms with E-state index in [-0.39, 0.29) is 53.8 Å². The molecule has 1 aliphatic heterocycles. The van der Waals surface area contributed by atoms with Crippen molar-refractivity contribution in [1.82, 2.24) is 0 Å². The van der Waals surface area contributed by atoms with Gasteiger partial charge in [0.1, 0.15) is 18.8 Å². The predicted octanol–water partition coefficient (Wildman–Crippen LogP) is 3.72. The Labute approximate surface area is 201 Å². The third-order valence-corrected chi connectivity index (χ3v) is 10.6. The molecular weight excluding hydrogens is 436 g/mol. The van der Waals surface area contributed by atoms with Crippen molar-refractivity contribution < 1.29 is 33.7 Å². The summed E-state index contributed by atoms with van der Waals surface area (Å²) in [6, 6.07) is 0. The lowest BCUT2D eigenvalue weighted by molar-refractivity contribution is -0.251. The van der Waals surface area contributed by atoms with Gasteiger partial charge in [-0.3, -0.25) is 9.59 Å². The fraction of sp³-hybridized carbons (Fsp3) is 0.815. The Hall–Kier alpha value is -1.89. The Balaban J connectivity index is 1.50. The van der Waals surface area contributed by atoms with Crippen molar-refractivity contribution in [2.45, 2.75) is 96.9 Å². The molecule has 4 fully saturated rings. The second-order valence-electron chi connectivity index (χ2n) is 12.0. The second-order valence-corrected chi connectivity index (χ2v) is 12.0. The van der Waals surface area contributed by atoms with Crippen molar-refractivity contribution in [3.63, 3.8) is 0 Å². The zero-order valence-corrected chi connectivity index (χ0v) is 20.8. The Kier molecular flexibility index (Phi) is 5.66. The lowest BCUT2D eigenvalue weighted by Crippen LogP contribution is -2.67. The molecule has 0 radical (unpaired) electrons. The molecule has 5 rings (SSSR count). The van der Waals surface area contributed by atoms with Gasteiger partial charge in [0.15, 0.2) is 0 Å². The summed E-state index contributed by atoms with van der Waals surface area (Å²) in [5.74, 6) is -0.190. The zero-order chi connectivity index (χ0) is 24.5. The molecule has 0 spiro atoms. The van der Waals surface area contributed by atoms with E-state index < -0.39 is 17.1 Å². The minimum atomic E-state index is -0.978. The van der Waals surface area contributed by atoms with Crippen LogP contribution in [0.1, 0.15) is 79.1 Å². The summed E-state index contributed by atoms with van der Waals surface area (Å²) in [6.07, 6.45) is 7.77. The second kappa shape index (κ2) is 8.07. The molecule has 34 heavy (non-hydrogen) atoms. The first-order chi connectivity index (χ1) is 16.0. The third-order valence-electron chi connectivity index (χ3n) is 10.6. The highest BCUT2D eigenvalue weighted by molar-refractivity contribution is 5.85. The molecule has 4 saturated carbocycles. The smallest absolute Gasteiger partial charge is 0.331 e. The van der Waals surface area contributed by atoms with Gasteiger partial charge in [0.25, 0.3) is 0 Å². The fourth-order valence-electron chi connectivity index (χ4n) is 9.04. The molecule has 0 saturated heterocycles. The zero-order valence-electron chi connectivity index (χ0n) is 20.8. The van der Waals surface area contributed by atoms with E-state index in [1.54, 1.807) is 6.08 Å². The molecular formula is C27H38O7. The van der Waals surface area contributed by atoms with E-state index in [0.717, 1.165) is 44.1 Å². The number of rotatable bonds is 3. The fourth-order valence-corrected chi connectivity index (χ4v) is 9.04. The van der Waals surface area contributed by atoms with E-state index in [2.05, 4.69) is 13.8 Å². The SMILES string of the molecule is CC(=O)O[C@H]1CC[C@@]2(C)[C@@H](CC[C@@H]3[C@H]2C[C@@H](OC(C)=O)[C@]2(C)[C@@H](C4=CC(=O)OC4)CC[C@]32O)C1. The number of hydrogen-bond donors (Lipinski definition) is 1. The number of carbonyl (C=O) groups is 3. The Morgan fingerprint density at radius 3 is 2.38 bits per heavy atom. The molecule has 5 aliphatic rings.